The van der Waals surface area contributed by atoms with E-state index in [0.29, 0.717) is 32.4 Å². The summed E-state index contributed by atoms with van der Waals surface area (Å²) < 4.78 is 56.0. The van der Waals surface area contributed by atoms with Gasteiger partial charge in [-0.3, -0.25) is 9.59 Å². The Labute approximate surface area is 355 Å². The lowest BCUT2D eigenvalue weighted by Gasteiger charge is -2.48. The van der Waals surface area contributed by atoms with Crippen molar-refractivity contribution in [2.45, 2.75) is 159 Å². The highest BCUT2D eigenvalue weighted by Gasteiger charge is 2.52. The maximum atomic E-state index is 13.9. The second-order valence-electron chi connectivity index (χ2n) is 17.5. The molecule has 340 valence electrons. The lowest BCUT2D eigenvalue weighted by atomic mass is 9.74. The Balaban J connectivity index is 1.52. The van der Waals surface area contributed by atoms with Gasteiger partial charge in [0.2, 0.25) is 10.0 Å². The third-order valence-corrected chi connectivity index (χ3v) is 13.7. The molecule has 2 aliphatic heterocycles. The van der Waals surface area contributed by atoms with E-state index in [0.717, 1.165) is 11.3 Å². The monoisotopic (exact) mass is 867 g/mol. The number of primary sulfonamides is 1. The minimum atomic E-state index is -3.78. The number of benzene rings is 1. The van der Waals surface area contributed by atoms with E-state index in [-0.39, 0.29) is 35.7 Å². The molecule has 2 aromatic rings. The molecule has 0 radical (unpaired) electrons. The van der Waals surface area contributed by atoms with Crippen LogP contribution in [0.2, 0.25) is 0 Å². The number of aliphatic hydroxyl groups is 3. The number of ketones is 1. The van der Waals surface area contributed by atoms with Crippen LogP contribution in [0.5, 0.6) is 0 Å². The molecule has 0 aliphatic carbocycles. The average molecular weight is 868 g/mol. The van der Waals surface area contributed by atoms with E-state index in [1.54, 1.807) is 44.5 Å². The topological polar surface area (TPSA) is 235 Å². The summed E-state index contributed by atoms with van der Waals surface area (Å²) in [6.45, 7) is 14.7. The van der Waals surface area contributed by atoms with Gasteiger partial charge in [-0.2, -0.15) is 0 Å². The normalized spacial score (nSPS) is 36.5. The number of hydrogen-bond acceptors (Lipinski definition) is 15. The fourth-order valence-electron chi connectivity index (χ4n) is 9.09. The van der Waals surface area contributed by atoms with E-state index >= 15 is 0 Å². The third kappa shape index (κ3) is 11.6. The first-order valence-corrected chi connectivity index (χ1v) is 22.5. The third-order valence-electron chi connectivity index (χ3n) is 12.8. The van der Waals surface area contributed by atoms with Gasteiger partial charge in [0.15, 0.2) is 6.29 Å². The van der Waals surface area contributed by atoms with Gasteiger partial charge in [-0.15, -0.1) is 5.10 Å². The molecule has 18 heteroatoms. The van der Waals surface area contributed by atoms with Gasteiger partial charge < -0.3 is 43.9 Å². The first-order valence-electron chi connectivity index (χ1n) is 20.9. The highest BCUT2D eigenvalue weighted by molar-refractivity contribution is 7.89. The number of carbonyl (C=O) groups is 2. The van der Waals surface area contributed by atoms with Crippen LogP contribution in [-0.4, -0.2) is 143 Å². The Morgan fingerprint density at radius 2 is 1.70 bits per heavy atom. The number of nitrogens with zero attached hydrogens (tertiary/aromatic N) is 4. The molecule has 0 amide bonds. The predicted molar refractivity (Wildman–Crippen MR) is 221 cm³/mol. The molecule has 1 aromatic heterocycles. The van der Waals surface area contributed by atoms with E-state index < -0.39 is 87.7 Å². The number of esters is 1. The number of nitrogens with two attached hydrogens (primary N) is 1. The smallest absolute Gasteiger partial charge is 0.311 e. The fourth-order valence-corrected chi connectivity index (χ4v) is 9.61. The van der Waals surface area contributed by atoms with Crippen molar-refractivity contribution in [1.82, 2.24) is 19.9 Å². The SMILES string of the molecule is CC[C@H]1OC(=O)[C@H](C)[C@@H](OC)[C@H](C)[C@@H](O[C@@H]2O[C@H](C)C[C@H](N(C)CCCc3cn(Cc4ccc(S(N)(=O)=O)cc4)nn3)[C@H]2O)[C@](C)(OC)C[C@@H](C)C(=O)[C@H](C)[C@@H](O)[C@]1(C)O. The minimum Gasteiger partial charge on any atom is -0.459 e. The number of likely N-dealkylation sites (N-methyl/N-ethyl adjacent to an activating group) is 1. The van der Waals surface area contributed by atoms with E-state index in [2.05, 4.69) is 15.2 Å². The highest BCUT2D eigenvalue weighted by atomic mass is 32.2. The van der Waals surface area contributed by atoms with Gasteiger partial charge in [0.25, 0.3) is 0 Å². The number of sulfonamides is 1. The van der Waals surface area contributed by atoms with Crippen LogP contribution in [0.1, 0.15) is 92.3 Å². The molecule has 4 rings (SSSR count). The van der Waals surface area contributed by atoms with Gasteiger partial charge in [0, 0.05) is 44.2 Å². The number of hydrogen-bond donors (Lipinski definition) is 4. The van der Waals surface area contributed by atoms with Crippen LogP contribution in [0.25, 0.3) is 0 Å². The summed E-state index contributed by atoms with van der Waals surface area (Å²) in [5.41, 5.74) is -1.49. The van der Waals surface area contributed by atoms with Crippen molar-refractivity contribution >= 4 is 21.8 Å². The van der Waals surface area contributed by atoms with Crippen molar-refractivity contribution in [3.05, 3.63) is 41.7 Å². The molecule has 3 heterocycles. The Bertz CT molecular complexity index is 1830. The first kappa shape index (κ1) is 49.7. The first-order chi connectivity index (χ1) is 28.0. The zero-order valence-electron chi connectivity index (χ0n) is 37.1. The van der Waals surface area contributed by atoms with Crippen molar-refractivity contribution in [2.75, 3.05) is 27.8 Å². The Morgan fingerprint density at radius 1 is 1.05 bits per heavy atom. The molecule has 5 N–H and O–H groups in total. The van der Waals surface area contributed by atoms with Crippen LogP contribution < -0.4 is 5.14 Å². The lowest BCUT2D eigenvalue weighted by Crippen LogP contribution is -2.60. The van der Waals surface area contributed by atoms with Crippen molar-refractivity contribution in [3.63, 3.8) is 0 Å². The number of aliphatic hydroxyl groups excluding tert-OH is 2. The van der Waals surface area contributed by atoms with E-state index in [4.69, 9.17) is 28.8 Å². The summed E-state index contributed by atoms with van der Waals surface area (Å²) in [6.07, 6.45) is -2.82. The summed E-state index contributed by atoms with van der Waals surface area (Å²) in [4.78, 5) is 29.8. The zero-order valence-corrected chi connectivity index (χ0v) is 37.9. The Morgan fingerprint density at radius 3 is 2.28 bits per heavy atom. The van der Waals surface area contributed by atoms with Gasteiger partial charge >= 0.3 is 5.97 Å². The molecule has 2 saturated heterocycles. The number of methoxy groups -OCH3 is 2. The Kier molecular flexibility index (Phi) is 17.0. The number of rotatable bonds is 13. The number of aromatic nitrogens is 3. The Hall–Kier alpha value is -2.91. The molecule has 14 atom stereocenters. The second-order valence-corrected chi connectivity index (χ2v) is 19.1. The maximum absolute atomic E-state index is 13.9. The van der Waals surface area contributed by atoms with Gasteiger partial charge in [-0.05, 0) is 91.1 Å². The van der Waals surface area contributed by atoms with E-state index in [1.165, 1.54) is 33.3 Å². The van der Waals surface area contributed by atoms with Crippen LogP contribution >= 0.6 is 0 Å². The number of aryl methyl sites for hydroxylation is 1. The van der Waals surface area contributed by atoms with Crippen molar-refractivity contribution in [2.24, 2.45) is 28.8 Å². The van der Waals surface area contributed by atoms with Gasteiger partial charge in [0.05, 0.1) is 53.1 Å². The maximum Gasteiger partial charge on any atom is 0.311 e. The second kappa shape index (κ2) is 20.5. The molecule has 17 nitrogen and oxygen atoms in total. The van der Waals surface area contributed by atoms with Gasteiger partial charge in [-0.1, -0.05) is 45.0 Å². The highest BCUT2D eigenvalue weighted by Crippen LogP contribution is 2.40. The van der Waals surface area contributed by atoms with Crippen LogP contribution in [-0.2, 0) is 56.3 Å². The summed E-state index contributed by atoms with van der Waals surface area (Å²) >= 11 is 0. The molecule has 0 saturated carbocycles. The number of cyclic esters (lactones) is 1. The molecule has 0 unspecified atom stereocenters. The summed E-state index contributed by atoms with van der Waals surface area (Å²) in [7, 11) is 1.16. The summed E-state index contributed by atoms with van der Waals surface area (Å²) in [5.74, 6) is -4.09. The van der Waals surface area contributed by atoms with Crippen molar-refractivity contribution < 1.29 is 57.0 Å². The molecular formula is C42H69N5O12S. The van der Waals surface area contributed by atoms with Crippen LogP contribution in [0.3, 0.4) is 0 Å². The van der Waals surface area contributed by atoms with Gasteiger partial charge in [0.1, 0.15) is 23.6 Å². The summed E-state index contributed by atoms with van der Waals surface area (Å²) in [6, 6.07) is 5.93. The lowest BCUT2D eigenvalue weighted by molar-refractivity contribution is -0.302. The average Bonchev–Trinajstić information content (AvgIpc) is 3.64. The van der Waals surface area contributed by atoms with Crippen molar-refractivity contribution in [3.8, 4) is 0 Å². The molecule has 0 spiro atoms. The molecule has 1 aromatic carbocycles. The summed E-state index contributed by atoms with van der Waals surface area (Å²) in [5, 5.41) is 48.5. The van der Waals surface area contributed by atoms with Crippen molar-refractivity contribution in [1.29, 1.82) is 0 Å². The minimum absolute atomic E-state index is 0.0379. The molecule has 0 bridgehead atoms. The largest absolute Gasteiger partial charge is 0.459 e. The fraction of sp³-hybridized carbons (Fsp3) is 0.762. The molecular weight excluding hydrogens is 799 g/mol. The van der Waals surface area contributed by atoms with Crippen LogP contribution in [0.15, 0.2) is 35.4 Å². The van der Waals surface area contributed by atoms with Crippen LogP contribution in [0.4, 0.5) is 0 Å². The van der Waals surface area contributed by atoms with Crippen LogP contribution in [0, 0.1) is 23.7 Å². The number of Topliss-reactive ketones (excluding diaryl/α,β-unsaturated/α-hetero) is 1. The zero-order chi connectivity index (χ0) is 44.9. The van der Waals surface area contributed by atoms with E-state index in [9.17, 15) is 33.3 Å². The predicted octanol–water partition coefficient (Wildman–Crippen LogP) is 2.46. The quantitative estimate of drug-likeness (QED) is 0.212. The number of carbonyl (C=O) groups excluding carboxylic acids is 2. The number of ether oxygens (including phenoxy) is 5. The molecule has 2 aliphatic rings. The standard InChI is InChI=1S/C42H69N5O12S/c1-12-33-42(8,52)37(50)26(4)34(48)24(2)21-41(7,56-11)38(27(5)36(55-10)28(6)39(51)58-33)59-40-35(49)32(20-25(3)57-40)46(9)19-13-14-30-23-47(45-44-30)22-29-15-17-31(18-16-29)60(43,53)54/h15-18,23-28,32-33,35-38,40,49-50,52H,12-14,19-22H2,1-11H3,(H2,43,53,54)/t24-,25-,26+,27+,28-,32+,33-,35-,36+,37-,38-,40+,41-,42-/m1/s1. The van der Waals surface area contributed by atoms with Gasteiger partial charge in [-0.25, -0.2) is 18.2 Å². The molecule has 2 fully saturated rings. The molecule has 60 heavy (non-hydrogen) atoms. The van der Waals surface area contributed by atoms with E-state index in [1.807, 2.05) is 34.0 Å².